The van der Waals surface area contributed by atoms with Crippen molar-refractivity contribution in [1.82, 2.24) is 0 Å². The molecule has 2 nitrogen and oxygen atoms in total. The van der Waals surface area contributed by atoms with Crippen LogP contribution in [0.25, 0.3) is 0 Å². The van der Waals surface area contributed by atoms with Gasteiger partial charge in [0.2, 0.25) is 0 Å². The maximum absolute atomic E-state index is 6.54. The van der Waals surface area contributed by atoms with Crippen molar-refractivity contribution in [3.63, 3.8) is 0 Å². The van der Waals surface area contributed by atoms with Gasteiger partial charge in [-0.05, 0) is 56.0 Å². The van der Waals surface area contributed by atoms with E-state index in [1.165, 1.54) is 16.7 Å². The predicted molar refractivity (Wildman–Crippen MR) is 84.2 cm³/mol. The summed E-state index contributed by atoms with van der Waals surface area (Å²) in [5.41, 5.74) is 11.2. The van der Waals surface area contributed by atoms with Gasteiger partial charge in [0.05, 0.1) is 7.11 Å². The van der Waals surface area contributed by atoms with Gasteiger partial charge >= 0.3 is 0 Å². The van der Waals surface area contributed by atoms with Crippen molar-refractivity contribution in [1.29, 1.82) is 0 Å². The van der Waals surface area contributed by atoms with Crippen molar-refractivity contribution in [2.45, 2.75) is 32.7 Å². The molecule has 0 fully saturated rings. The minimum absolute atomic E-state index is 0.384. The van der Waals surface area contributed by atoms with E-state index in [9.17, 15) is 0 Å². The van der Waals surface area contributed by atoms with Gasteiger partial charge in [0, 0.05) is 5.54 Å². The SMILES string of the molecule is COc1ccc(C(C)(N)Cc2cc(C)ccc2C)cc1. The quantitative estimate of drug-likeness (QED) is 0.918. The van der Waals surface area contributed by atoms with Gasteiger partial charge in [-0.2, -0.15) is 0 Å². The van der Waals surface area contributed by atoms with Gasteiger partial charge in [-0.3, -0.25) is 0 Å². The van der Waals surface area contributed by atoms with Crippen molar-refractivity contribution in [3.8, 4) is 5.75 Å². The lowest BCUT2D eigenvalue weighted by molar-refractivity contribution is 0.413. The van der Waals surface area contributed by atoms with Crippen LogP contribution in [-0.4, -0.2) is 7.11 Å². The Kier molecular flexibility index (Phi) is 4.15. The zero-order valence-electron chi connectivity index (χ0n) is 12.7. The van der Waals surface area contributed by atoms with Gasteiger partial charge in [0.25, 0.3) is 0 Å². The smallest absolute Gasteiger partial charge is 0.118 e. The molecule has 0 aliphatic rings. The van der Waals surface area contributed by atoms with E-state index in [1.54, 1.807) is 7.11 Å². The summed E-state index contributed by atoms with van der Waals surface area (Å²) in [6.45, 7) is 6.33. The van der Waals surface area contributed by atoms with E-state index in [0.717, 1.165) is 17.7 Å². The molecule has 2 heteroatoms. The van der Waals surface area contributed by atoms with Crippen LogP contribution in [0.3, 0.4) is 0 Å². The first-order valence-electron chi connectivity index (χ1n) is 6.92. The average molecular weight is 269 g/mol. The molecule has 0 heterocycles. The van der Waals surface area contributed by atoms with Gasteiger partial charge in [-0.15, -0.1) is 0 Å². The lowest BCUT2D eigenvalue weighted by Crippen LogP contribution is -2.35. The zero-order chi connectivity index (χ0) is 14.8. The lowest BCUT2D eigenvalue weighted by Gasteiger charge is -2.26. The molecule has 0 bridgehead atoms. The highest BCUT2D eigenvalue weighted by atomic mass is 16.5. The summed E-state index contributed by atoms with van der Waals surface area (Å²) in [5, 5.41) is 0. The number of nitrogens with two attached hydrogens (primary N) is 1. The number of benzene rings is 2. The molecule has 0 aliphatic heterocycles. The highest BCUT2D eigenvalue weighted by Gasteiger charge is 2.22. The molecule has 0 spiro atoms. The van der Waals surface area contributed by atoms with E-state index >= 15 is 0 Å². The standard InChI is InChI=1S/C18H23NO/c1-13-5-6-14(2)15(11-13)12-18(3,19)16-7-9-17(20-4)10-8-16/h5-11H,12,19H2,1-4H3. The Morgan fingerprint density at radius 3 is 2.30 bits per heavy atom. The van der Waals surface area contributed by atoms with Crippen molar-refractivity contribution >= 4 is 0 Å². The Bertz CT molecular complexity index is 585. The maximum atomic E-state index is 6.54. The first kappa shape index (κ1) is 14.6. The second-order valence-corrected chi connectivity index (χ2v) is 5.75. The number of ether oxygens (including phenoxy) is 1. The zero-order valence-corrected chi connectivity index (χ0v) is 12.7. The average Bonchev–Trinajstić information content (AvgIpc) is 2.43. The highest BCUT2D eigenvalue weighted by molar-refractivity contribution is 5.36. The van der Waals surface area contributed by atoms with E-state index in [4.69, 9.17) is 10.5 Å². The van der Waals surface area contributed by atoms with Crippen LogP contribution < -0.4 is 10.5 Å². The molecule has 20 heavy (non-hydrogen) atoms. The van der Waals surface area contributed by atoms with Crippen molar-refractivity contribution in [3.05, 3.63) is 64.7 Å². The largest absolute Gasteiger partial charge is 0.497 e. The molecule has 2 rings (SSSR count). The van der Waals surface area contributed by atoms with Crippen LogP contribution in [0.2, 0.25) is 0 Å². The van der Waals surface area contributed by atoms with Gasteiger partial charge in [0.1, 0.15) is 5.75 Å². The Morgan fingerprint density at radius 1 is 1.05 bits per heavy atom. The molecule has 1 atom stereocenters. The van der Waals surface area contributed by atoms with E-state index in [2.05, 4.69) is 39.0 Å². The van der Waals surface area contributed by atoms with Crippen LogP contribution in [0.15, 0.2) is 42.5 Å². The van der Waals surface area contributed by atoms with Crippen LogP contribution in [0.4, 0.5) is 0 Å². The van der Waals surface area contributed by atoms with Crippen LogP contribution in [0.5, 0.6) is 5.75 Å². The summed E-state index contributed by atoms with van der Waals surface area (Å²) >= 11 is 0. The first-order chi connectivity index (χ1) is 9.42. The molecular weight excluding hydrogens is 246 g/mol. The summed E-state index contributed by atoms with van der Waals surface area (Å²) in [7, 11) is 1.67. The molecule has 0 aromatic heterocycles. The summed E-state index contributed by atoms with van der Waals surface area (Å²) in [6, 6.07) is 14.5. The third-order valence-corrected chi connectivity index (χ3v) is 3.81. The highest BCUT2D eigenvalue weighted by Crippen LogP contribution is 2.26. The minimum Gasteiger partial charge on any atom is -0.497 e. The maximum Gasteiger partial charge on any atom is 0.118 e. The topological polar surface area (TPSA) is 35.2 Å². The second kappa shape index (κ2) is 5.68. The summed E-state index contributed by atoms with van der Waals surface area (Å²) in [6.07, 6.45) is 0.826. The fourth-order valence-electron chi connectivity index (χ4n) is 2.46. The molecule has 0 amide bonds. The van der Waals surface area contributed by atoms with Crippen molar-refractivity contribution < 1.29 is 4.74 Å². The number of hydrogen-bond donors (Lipinski definition) is 1. The summed E-state index contributed by atoms with van der Waals surface area (Å²) in [5.74, 6) is 0.858. The van der Waals surface area contributed by atoms with Gasteiger partial charge in [0.15, 0.2) is 0 Å². The molecule has 0 aliphatic carbocycles. The van der Waals surface area contributed by atoms with Crippen LogP contribution >= 0.6 is 0 Å². The Hall–Kier alpha value is -1.80. The van der Waals surface area contributed by atoms with Crippen LogP contribution in [0, 0.1) is 13.8 Å². The molecule has 0 saturated heterocycles. The van der Waals surface area contributed by atoms with Crippen molar-refractivity contribution in [2.75, 3.05) is 7.11 Å². The fraction of sp³-hybridized carbons (Fsp3) is 0.333. The Morgan fingerprint density at radius 2 is 1.70 bits per heavy atom. The normalized spacial score (nSPS) is 13.8. The molecule has 0 saturated carbocycles. The molecule has 2 N–H and O–H groups in total. The number of hydrogen-bond acceptors (Lipinski definition) is 2. The van der Waals surface area contributed by atoms with E-state index in [1.807, 2.05) is 24.3 Å². The summed E-state index contributed by atoms with van der Waals surface area (Å²) in [4.78, 5) is 0. The van der Waals surface area contributed by atoms with E-state index in [0.29, 0.717) is 0 Å². The van der Waals surface area contributed by atoms with Crippen LogP contribution in [-0.2, 0) is 12.0 Å². The van der Waals surface area contributed by atoms with Crippen LogP contribution in [0.1, 0.15) is 29.2 Å². The molecule has 1 unspecified atom stereocenters. The number of methoxy groups -OCH3 is 1. The van der Waals surface area contributed by atoms with Crippen molar-refractivity contribution in [2.24, 2.45) is 5.73 Å². The third kappa shape index (κ3) is 3.20. The molecular formula is C18H23NO. The van der Waals surface area contributed by atoms with E-state index < -0.39 is 0 Å². The minimum atomic E-state index is -0.384. The Labute approximate surface area is 121 Å². The number of aryl methyl sites for hydroxylation is 2. The Balaban J connectivity index is 2.27. The lowest BCUT2D eigenvalue weighted by atomic mass is 9.85. The van der Waals surface area contributed by atoms with E-state index in [-0.39, 0.29) is 5.54 Å². The number of rotatable bonds is 4. The molecule has 0 radical (unpaired) electrons. The van der Waals surface area contributed by atoms with Gasteiger partial charge in [-0.1, -0.05) is 35.9 Å². The third-order valence-electron chi connectivity index (χ3n) is 3.81. The molecule has 2 aromatic rings. The monoisotopic (exact) mass is 269 g/mol. The van der Waals surface area contributed by atoms with Gasteiger partial charge < -0.3 is 10.5 Å². The summed E-state index contributed by atoms with van der Waals surface area (Å²) < 4.78 is 5.19. The molecule has 2 aromatic carbocycles. The molecule has 106 valence electrons. The predicted octanol–water partition coefficient (Wildman–Crippen LogP) is 3.73. The second-order valence-electron chi connectivity index (χ2n) is 5.75. The first-order valence-corrected chi connectivity index (χ1v) is 6.92. The van der Waals surface area contributed by atoms with Gasteiger partial charge in [-0.25, -0.2) is 0 Å². The fourth-order valence-corrected chi connectivity index (χ4v) is 2.46.